The summed E-state index contributed by atoms with van der Waals surface area (Å²) < 4.78 is 7.02. The molecule has 11 nitrogen and oxygen atoms in total. The van der Waals surface area contributed by atoms with Crippen molar-refractivity contribution in [2.24, 2.45) is 0 Å². The molecule has 2 N–H and O–H groups in total. The lowest BCUT2D eigenvalue weighted by molar-refractivity contribution is -0.117. The van der Waals surface area contributed by atoms with Crippen molar-refractivity contribution in [2.75, 3.05) is 52.3 Å². The summed E-state index contributed by atoms with van der Waals surface area (Å²) in [4.78, 5) is 35.3. The van der Waals surface area contributed by atoms with Gasteiger partial charge in [0.15, 0.2) is 5.65 Å². The number of carbonyl (C=O) groups is 2. The lowest BCUT2D eigenvalue weighted by atomic mass is 10.1. The summed E-state index contributed by atoms with van der Waals surface area (Å²) in [6.07, 6.45) is 3.26. The summed E-state index contributed by atoms with van der Waals surface area (Å²) in [6.45, 7) is 2.52. The number of nitrogens with one attached hydrogen (secondary N) is 2. The number of amides is 2. The predicted molar refractivity (Wildman–Crippen MR) is 146 cm³/mol. The quantitative estimate of drug-likeness (QED) is 0.289. The molecule has 1 aromatic carbocycles. The van der Waals surface area contributed by atoms with Gasteiger partial charge >= 0.3 is 0 Å². The molecule has 5 rings (SSSR count). The molecule has 3 aromatic heterocycles. The highest BCUT2D eigenvalue weighted by Gasteiger charge is 2.18. The first-order chi connectivity index (χ1) is 19.0. The molecule has 1 aliphatic rings. The molecule has 0 aliphatic carbocycles. The number of aromatic nitrogens is 4. The van der Waals surface area contributed by atoms with Crippen LogP contribution in [0.25, 0.3) is 16.9 Å². The number of nitrogens with zero attached hydrogens (tertiary/aromatic N) is 6. The van der Waals surface area contributed by atoms with Gasteiger partial charge in [0.05, 0.1) is 31.6 Å². The fourth-order valence-corrected chi connectivity index (χ4v) is 4.03. The van der Waals surface area contributed by atoms with E-state index >= 15 is 0 Å². The standard InChI is InChI=1S/C28H28N8O3/c1-29-34(2)19-27(37)32-25-17-20(11-12-30-25)3-8-23-18-31-26-10-9-24(33-36(23)26)21-4-6-22(7-5-21)28(38)35-13-15-39-16-14-35/h4-7,9-12,17-18,29H,13-16,19H2,1-2H3,(H,30,32,37). The van der Waals surface area contributed by atoms with Crippen molar-refractivity contribution in [3.8, 4) is 23.1 Å². The maximum Gasteiger partial charge on any atom is 0.254 e. The highest BCUT2D eigenvalue weighted by Crippen LogP contribution is 2.20. The van der Waals surface area contributed by atoms with Crippen molar-refractivity contribution in [1.82, 2.24) is 34.9 Å². The molecule has 1 saturated heterocycles. The van der Waals surface area contributed by atoms with E-state index in [2.05, 4.69) is 32.6 Å². The molecule has 0 spiro atoms. The molecule has 39 heavy (non-hydrogen) atoms. The number of benzene rings is 1. The Morgan fingerprint density at radius 1 is 1.05 bits per heavy atom. The monoisotopic (exact) mass is 524 g/mol. The summed E-state index contributed by atoms with van der Waals surface area (Å²) >= 11 is 0. The third-order valence-electron chi connectivity index (χ3n) is 6.21. The van der Waals surface area contributed by atoms with Crippen LogP contribution in [-0.2, 0) is 9.53 Å². The summed E-state index contributed by atoms with van der Waals surface area (Å²) in [5, 5.41) is 9.16. The third kappa shape index (κ3) is 6.27. The summed E-state index contributed by atoms with van der Waals surface area (Å²) in [6, 6.07) is 14.7. The highest BCUT2D eigenvalue weighted by molar-refractivity contribution is 5.94. The van der Waals surface area contributed by atoms with Crippen molar-refractivity contribution >= 4 is 23.3 Å². The Hall–Kier alpha value is -4.63. The van der Waals surface area contributed by atoms with Gasteiger partial charge in [0, 0.05) is 43.0 Å². The van der Waals surface area contributed by atoms with Crippen LogP contribution in [0.4, 0.5) is 5.82 Å². The van der Waals surface area contributed by atoms with E-state index in [4.69, 9.17) is 9.84 Å². The minimum Gasteiger partial charge on any atom is -0.378 e. The molecule has 0 atom stereocenters. The molecule has 4 aromatic rings. The Kier molecular flexibility index (Phi) is 7.88. The summed E-state index contributed by atoms with van der Waals surface area (Å²) in [5.74, 6) is 6.45. The zero-order valence-electron chi connectivity index (χ0n) is 21.7. The molecule has 198 valence electrons. The number of anilines is 1. The van der Waals surface area contributed by atoms with E-state index in [0.717, 1.165) is 11.3 Å². The van der Waals surface area contributed by atoms with Gasteiger partial charge < -0.3 is 15.0 Å². The SMILES string of the molecule is CNN(C)CC(=O)Nc1cc(C#Cc2cnc3ccc(-c4ccc(C(=O)N5CCOCC5)cc4)nn23)ccn1. The Morgan fingerprint density at radius 2 is 1.85 bits per heavy atom. The maximum atomic E-state index is 12.7. The lowest BCUT2D eigenvalue weighted by Crippen LogP contribution is -2.40. The molecule has 0 unspecified atom stereocenters. The van der Waals surface area contributed by atoms with E-state index in [1.807, 2.05) is 41.3 Å². The van der Waals surface area contributed by atoms with Gasteiger partial charge in [-0.2, -0.15) is 5.10 Å². The minimum absolute atomic E-state index is 0.00423. The Balaban J connectivity index is 1.33. The Labute approximate surface area is 225 Å². The number of pyridine rings is 1. The maximum absolute atomic E-state index is 12.7. The van der Waals surface area contributed by atoms with Gasteiger partial charge in [-0.1, -0.05) is 18.1 Å². The van der Waals surface area contributed by atoms with Crippen molar-refractivity contribution in [2.45, 2.75) is 0 Å². The van der Waals surface area contributed by atoms with Crippen LogP contribution in [0.5, 0.6) is 0 Å². The number of hydrogen-bond donors (Lipinski definition) is 2. The predicted octanol–water partition coefficient (Wildman–Crippen LogP) is 1.67. The van der Waals surface area contributed by atoms with Crippen LogP contribution in [0, 0.1) is 11.8 Å². The van der Waals surface area contributed by atoms with Crippen molar-refractivity contribution in [3.63, 3.8) is 0 Å². The summed E-state index contributed by atoms with van der Waals surface area (Å²) in [5.41, 5.74) is 7.09. The van der Waals surface area contributed by atoms with Crippen LogP contribution in [-0.4, -0.2) is 88.2 Å². The number of imidazole rings is 1. The van der Waals surface area contributed by atoms with Gasteiger partial charge in [-0.25, -0.2) is 19.5 Å². The van der Waals surface area contributed by atoms with Gasteiger partial charge in [-0.15, -0.1) is 0 Å². The molecular formula is C28H28N8O3. The number of morpholine rings is 1. The number of ether oxygens (including phenoxy) is 1. The molecule has 0 saturated carbocycles. The molecule has 4 heterocycles. The first-order valence-corrected chi connectivity index (χ1v) is 12.5. The number of rotatable bonds is 6. The van der Waals surface area contributed by atoms with Gasteiger partial charge in [0.2, 0.25) is 5.91 Å². The summed E-state index contributed by atoms with van der Waals surface area (Å²) in [7, 11) is 3.51. The number of hydrogen-bond acceptors (Lipinski definition) is 8. The zero-order valence-corrected chi connectivity index (χ0v) is 21.7. The van der Waals surface area contributed by atoms with Crippen molar-refractivity contribution < 1.29 is 14.3 Å². The van der Waals surface area contributed by atoms with Crippen molar-refractivity contribution in [3.05, 3.63) is 77.7 Å². The van der Waals surface area contributed by atoms with Crippen LogP contribution in [0.15, 0.2) is 60.9 Å². The van der Waals surface area contributed by atoms with Crippen LogP contribution in [0.1, 0.15) is 21.6 Å². The zero-order chi connectivity index (χ0) is 27.2. The first-order valence-electron chi connectivity index (χ1n) is 12.5. The molecule has 0 radical (unpaired) electrons. The average Bonchev–Trinajstić information content (AvgIpc) is 3.38. The van der Waals surface area contributed by atoms with Crippen LogP contribution < -0.4 is 10.7 Å². The van der Waals surface area contributed by atoms with Gasteiger partial charge in [-0.3, -0.25) is 15.0 Å². The Bertz CT molecular complexity index is 1550. The highest BCUT2D eigenvalue weighted by atomic mass is 16.5. The van der Waals surface area contributed by atoms with Gasteiger partial charge in [0.1, 0.15) is 11.5 Å². The number of fused-ring (bicyclic) bond motifs is 1. The topological polar surface area (TPSA) is 117 Å². The first kappa shape index (κ1) is 26.0. The van der Waals surface area contributed by atoms with Crippen LogP contribution in [0.2, 0.25) is 0 Å². The number of carbonyl (C=O) groups excluding carboxylic acids is 2. The van der Waals surface area contributed by atoms with E-state index in [-0.39, 0.29) is 18.4 Å². The fourth-order valence-electron chi connectivity index (χ4n) is 4.03. The molecular weight excluding hydrogens is 496 g/mol. The molecule has 1 fully saturated rings. The molecule has 1 aliphatic heterocycles. The lowest BCUT2D eigenvalue weighted by Gasteiger charge is -2.26. The second-order valence-electron chi connectivity index (χ2n) is 8.92. The van der Waals surface area contributed by atoms with E-state index in [9.17, 15) is 9.59 Å². The van der Waals surface area contributed by atoms with E-state index in [0.29, 0.717) is 54.6 Å². The average molecular weight is 525 g/mol. The van der Waals surface area contributed by atoms with Gasteiger partial charge in [0.25, 0.3) is 5.91 Å². The minimum atomic E-state index is -0.193. The second kappa shape index (κ2) is 11.8. The second-order valence-corrected chi connectivity index (χ2v) is 8.92. The van der Waals surface area contributed by atoms with Crippen LogP contribution >= 0.6 is 0 Å². The molecule has 0 bridgehead atoms. The smallest absolute Gasteiger partial charge is 0.254 e. The van der Waals surface area contributed by atoms with E-state index in [1.54, 1.807) is 48.1 Å². The largest absolute Gasteiger partial charge is 0.378 e. The molecule has 2 amide bonds. The molecule has 11 heteroatoms. The third-order valence-corrected chi connectivity index (χ3v) is 6.21. The van der Waals surface area contributed by atoms with E-state index < -0.39 is 0 Å². The van der Waals surface area contributed by atoms with Gasteiger partial charge in [-0.05, 0) is 49.4 Å². The van der Waals surface area contributed by atoms with Crippen LogP contribution in [0.3, 0.4) is 0 Å². The normalized spacial score (nSPS) is 13.3. The fraction of sp³-hybridized carbons (Fsp3) is 0.250. The van der Waals surface area contributed by atoms with E-state index in [1.165, 1.54) is 0 Å². The number of hydrazine groups is 1. The number of likely N-dealkylation sites (N-methyl/N-ethyl adjacent to an activating group) is 1. The van der Waals surface area contributed by atoms with Crippen molar-refractivity contribution in [1.29, 1.82) is 0 Å². The Morgan fingerprint density at radius 3 is 2.62 bits per heavy atom.